The summed E-state index contributed by atoms with van der Waals surface area (Å²) in [5, 5.41) is 11.8. The predicted octanol–water partition coefficient (Wildman–Crippen LogP) is 2.85. The number of halogens is 1. The van der Waals surface area contributed by atoms with Crippen LogP contribution in [-0.4, -0.2) is 37.1 Å². The zero-order valence-electron chi connectivity index (χ0n) is 14.8. The van der Waals surface area contributed by atoms with Crippen molar-refractivity contribution in [2.24, 2.45) is 5.92 Å². The van der Waals surface area contributed by atoms with Gasteiger partial charge in [-0.05, 0) is 55.4 Å². The molecule has 6 heteroatoms. The smallest absolute Gasteiger partial charge is 0.286 e. The van der Waals surface area contributed by atoms with Crippen molar-refractivity contribution < 1.29 is 23.8 Å². The van der Waals surface area contributed by atoms with E-state index in [-0.39, 0.29) is 30.0 Å². The number of ether oxygens (including phenoxy) is 2. The Bertz CT molecular complexity index is 627. The number of rotatable bonds is 9. The maximum Gasteiger partial charge on any atom is 0.286 e. The van der Waals surface area contributed by atoms with Crippen LogP contribution < -0.4 is 5.32 Å². The second-order valence-corrected chi connectivity index (χ2v) is 6.93. The van der Waals surface area contributed by atoms with Crippen molar-refractivity contribution in [2.45, 2.75) is 44.3 Å². The SMILES string of the molecule is O=C(NCC1CC1)C1=C[C@H](c2ccc(F)cc2)C[C@H](OCCCCO)O1. The first-order valence-corrected chi connectivity index (χ1v) is 9.30. The van der Waals surface area contributed by atoms with Crippen molar-refractivity contribution in [1.82, 2.24) is 5.32 Å². The molecule has 3 rings (SSSR count). The second kappa shape index (κ2) is 9.14. The number of unbranched alkanes of at least 4 members (excludes halogenated alkanes) is 1. The van der Waals surface area contributed by atoms with E-state index in [0.717, 1.165) is 24.8 Å². The number of benzene rings is 1. The molecule has 2 aliphatic rings. The molecule has 1 heterocycles. The van der Waals surface area contributed by atoms with Crippen molar-refractivity contribution in [3.63, 3.8) is 0 Å². The van der Waals surface area contributed by atoms with E-state index < -0.39 is 6.29 Å². The van der Waals surface area contributed by atoms with E-state index in [2.05, 4.69) is 5.32 Å². The largest absolute Gasteiger partial charge is 0.459 e. The van der Waals surface area contributed by atoms with Gasteiger partial charge in [0.15, 0.2) is 5.76 Å². The van der Waals surface area contributed by atoms with Gasteiger partial charge in [0.2, 0.25) is 6.29 Å². The van der Waals surface area contributed by atoms with E-state index >= 15 is 0 Å². The molecule has 5 nitrogen and oxygen atoms in total. The van der Waals surface area contributed by atoms with Crippen LogP contribution in [0.3, 0.4) is 0 Å². The molecule has 0 unspecified atom stereocenters. The Hall–Kier alpha value is -1.92. The van der Waals surface area contributed by atoms with Gasteiger partial charge in [0.05, 0.1) is 6.61 Å². The third-order valence-electron chi connectivity index (χ3n) is 4.68. The Morgan fingerprint density at radius 1 is 1.27 bits per heavy atom. The molecule has 2 atom stereocenters. The number of aliphatic hydroxyl groups excluding tert-OH is 1. The summed E-state index contributed by atoms with van der Waals surface area (Å²) in [6.07, 6.45) is 5.54. The molecule has 1 aromatic rings. The quantitative estimate of drug-likeness (QED) is 0.662. The third-order valence-corrected chi connectivity index (χ3v) is 4.68. The topological polar surface area (TPSA) is 67.8 Å². The summed E-state index contributed by atoms with van der Waals surface area (Å²) in [5.41, 5.74) is 0.922. The Labute approximate surface area is 153 Å². The van der Waals surface area contributed by atoms with Crippen LogP contribution >= 0.6 is 0 Å². The molecule has 2 N–H and O–H groups in total. The lowest BCUT2D eigenvalue weighted by molar-refractivity contribution is -0.146. The van der Waals surface area contributed by atoms with Gasteiger partial charge in [-0.3, -0.25) is 4.79 Å². The summed E-state index contributed by atoms with van der Waals surface area (Å²) in [6, 6.07) is 6.29. The van der Waals surface area contributed by atoms with Crippen molar-refractivity contribution >= 4 is 5.91 Å². The fourth-order valence-corrected chi connectivity index (χ4v) is 2.94. The third kappa shape index (κ3) is 5.54. The fraction of sp³-hybridized carbons (Fsp3) is 0.550. The number of carbonyl (C=O) groups excluding carboxylic acids is 1. The van der Waals surface area contributed by atoms with Gasteiger partial charge < -0.3 is 19.9 Å². The molecule has 1 amide bonds. The number of hydrogen-bond acceptors (Lipinski definition) is 4. The maximum atomic E-state index is 13.2. The highest BCUT2D eigenvalue weighted by Gasteiger charge is 2.29. The average molecular weight is 363 g/mol. The monoisotopic (exact) mass is 363 g/mol. The van der Waals surface area contributed by atoms with Crippen molar-refractivity contribution in [3.8, 4) is 0 Å². The Kier molecular flexibility index (Phi) is 6.63. The van der Waals surface area contributed by atoms with E-state index in [1.54, 1.807) is 18.2 Å². The van der Waals surface area contributed by atoms with Crippen LogP contribution in [0.15, 0.2) is 36.1 Å². The minimum Gasteiger partial charge on any atom is -0.459 e. The fourth-order valence-electron chi connectivity index (χ4n) is 2.94. The number of carbonyl (C=O) groups is 1. The molecular weight excluding hydrogens is 337 g/mol. The van der Waals surface area contributed by atoms with E-state index in [4.69, 9.17) is 14.6 Å². The Morgan fingerprint density at radius 2 is 2.04 bits per heavy atom. The van der Waals surface area contributed by atoms with Gasteiger partial charge in [-0.15, -0.1) is 0 Å². The van der Waals surface area contributed by atoms with E-state index in [1.165, 1.54) is 12.1 Å². The Balaban J connectivity index is 1.66. The van der Waals surface area contributed by atoms with E-state index in [0.29, 0.717) is 31.9 Å². The first kappa shape index (κ1) is 18.9. The molecule has 1 fully saturated rings. The molecular formula is C20H26FNO4. The molecule has 1 aromatic carbocycles. The van der Waals surface area contributed by atoms with Crippen LogP contribution in [0.5, 0.6) is 0 Å². The molecule has 0 aromatic heterocycles. The van der Waals surface area contributed by atoms with Gasteiger partial charge in [-0.1, -0.05) is 12.1 Å². The van der Waals surface area contributed by atoms with Crippen LogP contribution in [0.25, 0.3) is 0 Å². The molecule has 0 saturated heterocycles. The van der Waals surface area contributed by atoms with E-state index in [1.807, 2.05) is 0 Å². The molecule has 1 aliphatic carbocycles. The predicted molar refractivity (Wildman–Crippen MR) is 94.7 cm³/mol. The number of amides is 1. The summed E-state index contributed by atoms with van der Waals surface area (Å²) in [6.45, 7) is 1.25. The lowest BCUT2D eigenvalue weighted by Crippen LogP contribution is -2.34. The molecule has 0 radical (unpaired) electrons. The molecule has 142 valence electrons. The number of nitrogens with one attached hydrogen (secondary N) is 1. The molecule has 0 spiro atoms. The summed E-state index contributed by atoms with van der Waals surface area (Å²) in [5.74, 6) is 0.255. The summed E-state index contributed by atoms with van der Waals surface area (Å²) >= 11 is 0. The van der Waals surface area contributed by atoms with Gasteiger partial charge >= 0.3 is 0 Å². The maximum absolute atomic E-state index is 13.2. The number of allylic oxidation sites excluding steroid dienone is 1. The van der Waals surface area contributed by atoms with Gasteiger partial charge in [-0.25, -0.2) is 4.39 Å². The Morgan fingerprint density at radius 3 is 2.73 bits per heavy atom. The second-order valence-electron chi connectivity index (χ2n) is 6.93. The zero-order valence-corrected chi connectivity index (χ0v) is 14.8. The van der Waals surface area contributed by atoms with E-state index in [9.17, 15) is 9.18 Å². The van der Waals surface area contributed by atoms with Crippen LogP contribution in [-0.2, 0) is 14.3 Å². The van der Waals surface area contributed by atoms with Crippen LogP contribution in [0.1, 0.15) is 43.6 Å². The summed E-state index contributed by atoms with van der Waals surface area (Å²) in [7, 11) is 0. The lowest BCUT2D eigenvalue weighted by atomic mass is 9.93. The lowest BCUT2D eigenvalue weighted by Gasteiger charge is -2.29. The van der Waals surface area contributed by atoms with Crippen LogP contribution in [0.4, 0.5) is 4.39 Å². The molecule has 1 saturated carbocycles. The highest BCUT2D eigenvalue weighted by Crippen LogP contribution is 2.32. The first-order valence-electron chi connectivity index (χ1n) is 9.30. The summed E-state index contributed by atoms with van der Waals surface area (Å²) in [4.78, 5) is 12.4. The van der Waals surface area contributed by atoms with Crippen molar-refractivity contribution in [3.05, 3.63) is 47.5 Å². The summed E-state index contributed by atoms with van der Waals surface area (Å²) < 4.78 is 24.7. The standard InChI is InChI=1S/C20H26FNO4/c21-17-7-5-15(6-8-17)16-11-18(20(24)22-13-14-3-4-14)26-19(12-16)25-10-2-1-9-23/h5-8,11,14,16,19,23H,1-4,9-10,12-13H2,(H,22,24)/t16-,19+/m0/s1. The van der Waals surface area contributed by atoms with Crippen molar-refractivity contribution in [1.29, 1.82) is 0 Å². The van der Waals surface area contributed by atoms with Gasteiger partial charge in [-0.2, -0.15) is 0 Å². The highest BCUT2D eigenvalue weighted by molar-refractivity contribution is 5.91. The normalized spacial score (nSPS) is 22.5. The molecule has 26 heavy (non-hydrogen) atoms. The average Bonchev–Trinajstić information content (AvgIpc) is 3.48. The van der Waals surface area contributed by atoms with Crippen LogP contribution in [0.2, 0.25) is 0 Å². The van der Waals surface area contributed by atoms with Gasteiger partial charge in [0.25, 0.3) is 5.91 Å². The minimum atomic E-state index is -0.532. The number of aliphatic hydroxyl groups is 1. The minimum absolute atomic E-state index is 0.0751. The van der Waals surface area contributed by atoms with Crippen LogP contribution in [0, 0.1) is 11.7 Å². The van der Waals surface area contributed by atoms with Crippen molar-refractivity contribution in [2.75, 3.05) is 19.8 Å². The first-order chi connectivity index (χ1) is 12.7. The molecule has 0 bridgehead atoms. The highest BCUT2D eigenvalue weighted by atomic mass is 19.1. The number of hydrogen-bond donors (Lipinski definition) is 2. The van der Waals surface area contributed by atoms with Gasteiger partial charge in [0.1, 0.15) is 5.82 Å². The molecule has 1 aliphatic heterocycles. The van der Waals surface area contributed by atoms with Gasteiger partial charge in [0, 0.05) is 25.5 Å². The zero-order chi connectivity index (χ0) is 18.4.